The van der Waals surface area contributed by atoms with E-state index in [-0.39, 0.29) is 30.2 Å². The van der Waals surface area contributed by atoms with Gasteiger partial charge in [-0.2, -0.15) is 0 Å². The Bertz CT molecular complexity index is 922. The highest BCUT2D eigenvalue weighted by atomic mass is 16.2. The highest BCUT2D eigenvalue weighted by Gasteiger charge is 2.34. The molecule has 1 aliphatic heterocycles. The van der Waals surface area contributed by atoms with Gasteiger partial charge in [0.25, 0.3) is 5.91 Å². The van der Waals surface area contributed by atoms with Gasteiger partial charge in [-0.15, -0.1) is 0 Å². The van der Waals surface area contributed by atoms with E-state index >= 15 is 0 Å². The van der Waals surface area contributed by atoms with Crippen LogP contribution in [0.2, 0.25) is 0 Å². The fraction of sp³-hybridized carbons (Fsp3) is 0.375. The molecule has 156 valence electrons. The Balaban J connectivity index is 1.39. The molecule has 3 amide bonds. The van der Waals surface area contributed by atoms with Crippen molar-refractivity contribution >= 4 is 23.4 Å². The van der Waals surface area contributed by atoms with Crippen LogP contribution in [0.1, 0.15) is 48.0 Å². The van der Waals surface area contributed by atoms with Gasteiger partial charge in [0, 0.05) is 25.6 Å². The summed E-state index contributed by atoms with van der Waals surface area (Å²) >= 11 is 0. The van der Waals surface area contributed by atoms with Gasteiger partial charge < -0.3 is 15.5 Å². The molecular formula is C24H27N3O3. The molecule has 2 aromatic carbocycles. The van der Waals surface area contributed by atoms with Gasteiger partial charge in [-0.05, 0) is 30.5 Å². The van der Waals surface area contributed by atoms with E-state index in [1.165, 1.54) is 0 Å². The second kappa shape index (κ2) is 9.11. The summed E-state index contributed by atoms with van der Waals surface area (Å²) in [6.07, 6.45) is 4.47. The van der Waals surface area contributed by atoms with Crippen molar-refractivity contribution < 1.29 is 14.4 Å². The normalized spacial score (nSPS) is 19.1. The summed E-state index contributed by atoms with van der Waals surface area (Å²) in [6, 6.07) is 17.0. The molecule has 30 heavy (non-hydrogen) atoms. The van der Waals surface area contributed by atoms with E-state index in [1.54, 1.807) is 29.2 Å². The molecule has 4 rings (SSSR count). The second-order valence-electron chi connectivity index (χ2n) is 8.15. The summed E-state index contributed by atoms with van der Waals surface area (Å²) < 4.78 is 0. The number of nitrogens with zero attached hydrogens (tertiary/aromatic N) is 1. The smallest absolute Gasteiger partial charge is 0.253 e. The van der Waals surface area contributed by atoms with Crippen molar-refractivity contribution in [3.05, 3.63) is 65.7 Å². The third-order valence-corrected chi connectivity index (χ3v) is 5.92. The zero-order valence-corrected chi connectivity index (χ0v) is 17.0. The van der Waals surface area contributed by atoms with E-state index in [9.17, 15) is 14.4 Å². The molecule has 1 saturated heterocycles. The average molecular weight is 405 g/mol. The third kappa shape index (κ3) is 4.70. The van der Waals surface area contributed by atoms with E-state index in [2.05, 4.69) is 10.6 Å². The lowest BCUT2D eigenvalue weighted by molar-refractivity contribution is -0.128. The van der Waals surface area contributed by atoms with Gasteiger partial charge in [-0.1, -0.05) is 55.3 Å². The average Bonchev–Trinajstić information content (AvgIpc) is 3.39. The van der Waals surface area contributed by atoms with E-state index in [0.29, 0.717) is 24.3 Å². The summed E-state index contributed by atoms with van der Waals surface area (Å²) in [5.41, 5.74) is 2.00. The second-order valence-corrected chi connectivity index (χ2v) is 8.15. The van der Waals surface area contributed by atoms with Crippen LogP contribution in [0.5, 0.6) is 0 Å². The van der Waals surface area contributed by atoms with Crippen LogP contribution in [-0.4, -0.2) is 35.2 Å². The Kier molecular flexibility index (Phi) is 6.12. The Morgan fingerprint density at radius 3 is 2.43 bits per heavy atom. The van der Waals surface area contributed by atoms with Crippen LogP contribution in [0.25, 0.3) is 0 Å². The van der Waals surface area contributed by atoms with Gasteiger partial charge in [0.1, 0.15) is 0 Å². The number of benzene rings is 2. The quantitative estimate of drug-likeness (QED) is 0.774. The molecule has 6 heteroatoms. The van der Waals surface area contributed by atoms with Crippen LogP contribution in [0.15, 0.2) is 54.6 Å². The number of anilines is 1. The molecular weight excluding hydrogens is 378 g/mol. The molecule has 0 spiro atoms. The van der Waals surface area contributed by atoms with E-state index in [4.69, 9.17) is 0 Å². The largest absolute Gasteiger partial charge is 0.349 e. The monoisotopic (exact) mass is 405 g/mol. The van der Waals surface area contributed by atoms with Gasteiger partial charge in [0.15, 0.2) is 0 Å². The first-order valence-corrected chi connectivity index (χ1v) is 10.6. The third-order valence-electron chi connectivity index (χ3n) is 5.92. The molecule has 0 radical (unpaired) electrons. The molecule has 1 heterocycles. The zero-order valence-electron chi connectivity index (χ0n) is 17.0. The molecule has 1 saturated carbocycles. The number of likely N-dealkylation sites (tertiary alicyclic amines) is 1. The minimum atomic E-state index is -0.424. The van der Waals surface area contributed by atoms with Crippen LogP contribution in [0.3, 0.4) is 0 Å². The molecule has 0 unspecified atom stereocenters. The lowest BCUT2D eigenvalue weighted by Gasteiger charge is -2.18. The molecule has 2 aromatic rings. The number of carbonyl (C=O) groups is 3. The van der Waals surface area contributed by atoms with Crippen molar-refractivity contribution in [3.63, 3.8) is 0 Å². The van der Waals surface area contributed by atoms with Crippen LogP contribution >= 0.6 is 0 Å². The van der Waals surface area contributed by atoms with E-state index in [1.807, 2.05) is 30.3 Å². The topological polar surface area (TPSA) is 78.5 Å². The summed E-state index contributed by atoms with van der Waals surface area (Å²) in [4.78, 5) is 39.7. The SMILES string of the molecule is O=C(NC1CCCC1)c1ccccc1NC(=O)[C@H]1CC(=O)N(Cc2ccccc2)C1. The van der Waals surface area contributed by atoms with Gasteiger partial charge in [0.05, 0.1) is 17.2 Å². The predicted molar refractivity (Wildman–Crippen MR) is 115 cm³/mol. The van der Waals surface area contributed by atoms with Gasteiger partial charge in [-0.25, -0.2) is 0 Å². The summed E-state index contributed by atoms with van der Waals surface area (Å²) in [6.45, 7) is 0.889. The number of para-hydroxylation sites is 1. The highest BCUT2D eigenvalue weighted by Crippen LogP contribution is 2.24. The van der Waals surface area contributed by atoms with E-state index in [0.717, 1.165) is 31.2 Å². The Hall–Kier alpha value is -3.15. The van der Waals surface area contributed by atoms with Crippen LogP contribution in [0.4, 0.5) is 5.69 Å². The summed E-state index contributed by atoms with van der Waals surface area (Å²) in [5, 5.41) is 5.95. The number of amides is 3. The maximum Gasteiger partial charge on any atom is 0.253 e. The summed E-state index contributed by atoms with van der Waals surface area (Å²) in [7, 11) is 0. The van der Waals surface area contributed by atoms with Gasteiger partial charge >= 0.3 is 0 Å². The van der Waals surface area contributed by atoms with Crippen molar-refractivity contribution in [3.8, 4) is 0 Å². The van der Waals surface area contributed by atoms with E-state index < -0.39 is 5.92 Å². The standard InChI is InChI=1S/C24H27N3O3/c28-22-14-18(16-27(22)15-17-8-2-1-3-9-17)23(29)26-21-13-7-6-12-20(21)24(30)25-19-10-4-5-11-19/h1-3,6-9,12-13,18-19H,4-5,10-11,14-16H2,(H,25,30)(H,26,29)/t18-/m0/s1. The van der Waals surface area contributed by atoms with Crippen molar-refractivity contribution in [2.45, 2.75) is 44.7 Å². The number of hydrogen-bond donors (Lipinski definition) is 2. The number of hydrogen-bond acceptors (Lipinski definition) is 3. The molecule has 2 aliphatic rings. The Morgan fingerprint density at radius 2 is 1.67 bits per heavy atom. The molecule has 2 N–H and O–H groups in total. The molecule has 0 bridgehead atoms. The minimum absolute atomic E-state index is 0.0220. The number of rotatable bonds is 6. The van der Waals surface area contributed by atoms with Crippen molar-refractivity contribution in [2.75, 3.05) is 11.9 Å². The van der Waals surface area contributed by atoms with Crippen molar-refractivity contribution in [1.29, 1.82) is 0 Å². The van der Waals surface area contributed by atoms with Crippen molar-refractivity contribution in [1.82, 2.24) is 10.2 Å². The van der Waals surface area contributed by atoms with Crippen LogP contribution in [0, 0.1) is 5.92 Å². The molecule has 0 aromatic heterocycles. The minimum Gasteiger partial charge on any atom is -0.349 e. The van der Waals surface area contributed by atoms with Crippen molar-refractivity contribution in [2.24, 2.45) is 5.92 Å². The first kappa shape index (κ1) is 20.1. The van der Waals surface area contributed by atoms with Gasteiger partial charge in [-0.3, -0.25) is 14.4 Å². The fourth-order valence-corrected chi connectivity index (χ4v) is 4.26. The van der Waals surface area contributed by atoms with Gasteiger partial charge in [0.2, 0.25) is 11.8 Å². The predicted octanol–water partition coefficient (Wildman–Crippen LogP) is 3.35. The lowest BCUT2D eigenvalue weighted by Crippen LogP contribution is -2.33. The molecule has 6 nitrogen and oxygen atoms in total. The molecule has 2 fully saturated rings. The number of nitrogens with one attached hydrogen (secondary N) is 2. The molecule has 1 atom stereocenters. The van der Waals surface area contributed by atoms with Crippen LogP contribution < -0.4 is 10.6 Å². The number of carbonyl (C=O) groups excluding carboxylic acids is 3. The first-order valence-electron chi connectivity index (χ1n) is 10.6. The zero-order chi connectivity index (χ0) is 20.9. The Morgan fingerprint density at radius 1 is 0.967 bits per heavy atom. The summed E-state index contributed by atoms with van der Waals surface area (Å²) in [5.74, 6) is -0.829. The molecule has 1 aliphatic carbocycles. The Labute approximate surface area is 176 Å². The maximum absolute atomic E-state index is 12.9. The first-order chi connectivity index (χ1) is 14.6. The highest BCUT2D eigenvalue weighted by molar-refractivity contribution is 6.05. The fourth-order valence-electron chi connectivity index (χ4n) is 4.26. The maximum atomic E-state index is 12.9. The lowest BCUT2D eigenvalue weighted by atomic mass is 10.1. The van der Waals surface area contributed by atoms with Crippen LogP contribution in [-0.2, 0) is 16.1 Å².